The number of anilines is 1. The van der Waals surface area contributed by atoms with Crippen molar-refractivity contribution in [2.45, 2.75) is 69.6 Å². The van der Waals surface area contributed by atoms with Crippen LogP contribution in [-0.4, -0.2) is 50.8 Å². The molecular formula is C28H34N6O2. The molecule has 3 fully saturated rings. The molecule has 2 aromatic heterocycles. The Morgan fingerprint density at radius 2 is 1.92 bits per heavy atom. The Morgan fingerprint density at radius 1 is 1.11 bits per heavy atom. The van der Waals surface area contributed by atoms with Gasteiger partial charge in [-0.15, -0.1) is 0 Å². The molecule has 2 aliphatic carbocycles. The highest BCUT2D eigenvalue weighted by atomic mass is 16.3. The van der Waals surface area contributed by atoms with E-state index in [1.807, 2.05) is 22.9 Å². The Labute approximate surface area is 211 Å². The lowest BCUT2D eigenvalue weighted by Gasteiger charge is -2.35. The first kappa shape index (κ1) is 23.4. The lowest BCUT2D eigenvalue weighted by atomic mass is 9.87. The van der Waals surface area contributed by atoms with Crippen molar-refractivity contribution in [3.05, 3.63) is 40.3 Å². The van der Waals surface area contributed by atoms with Crippen molar-refractivity contribution in [1.29, 1.82) is 5.26 Å². The molecule has 6 rings (SSSR count). The van der Waals surface area contributed by atoms with Crippen LogP contribution in [0, 0.1) is 23.2 Å². The number of nitrogens with zero attached hydrogens (tertiary/aromatic N) is 5. The Hall–Kier alpha value is -3.02. The van der Waals surface area contributed by atoms with E-state index in [0.717, 1.165) is 55.1 Å². The third-order valence-corrected chi connectivity index (χ3v) is 8.49. The van der Waals surface area contributed by atoms with Gasteiger partial charge in [-0.2, -0.15) is 10.2 Å². The number of rotatable bonds is 5. The van der Waals surface area contributed by atoms with Crippen LogP contribution in [-0.2, 0) is 0 Å². The van der Waals surface area contributed by atoms with Crippen LogP contribution in [0.25, 0.3) is 21.8 Å². The molecule has 2 atom stereocenters. The van der Waals surface area contributed by atoms with Gasteiger partial charge in [0.05, 0.1) is 12.2 Å². The second kappa shape index (κ2) is 9.45. The minimum Gasteiger partial charge on any atom is -0.393 e. The molecule has 0 amide bonds. The number of fused-ring (bicyclic) bond motifs is 3. The minimum absolute atomic E-state index is 0.00274. The SMILES string of the molecule is CN1CCC(C#N)CC1c1ccc2c(c1)c(=O)n(C1CCC(O)CC1)c1nc(NCC3CC3)ncc21. The topological polar surface area (TPSA) is 107 Å². The molecule has 0 bridgehead atoms. The number of nitriles is 1. The predicted octanol–water partition coefficient (Wildman–Crippen LogP) is 4.15. The third kappa shape index (κ3) is 4.35. The molecule has 8 nitrogen and oxygen atoms in total. The van der Waals surface area contributed by atoms with E-state index in [1.54, 1.807) is 0 Å². The van der Waals surface area contributed by atoms with E-state index >= 15 is 0 Å². The smallest absolute Gasteiger partial charge is 0.260 e. The Bertz CT molecular complexity index is 1380. The van der Waals surface area contributed by atoms with Crippen LogP contribution in [0.4, 0.5) is 5.95 Å². The van der Waals surface area contributed by atoms with E-state index in [2.05, 4.69) is 34.4 Å². The summed E-state index contributed by atoms with van der Waals surface area (Å²) in [5.41, 5.74) is 1.73. The number of pyridine rings is 1. The van der Waals surface area contributed by atoms with Crippen molar-refractivity contribution in [2.75, 3.05) is 25.5 Å². The van der Waals surface area contributed by atoms with E-state index < -0.39 is 0 Å². The highest BCUT2D eigenvalue weighted by Gasteiger charge is 2.29. The maximum absolute atomic E-state index is 14.1. The van der Waals surface area contributed by atoms with E-state index in [4.69, 9.17) is 4.98 Å². The molecular weight excluding hydrogens is 452 g/mol. The molecule has 3 aliphatic rings. The standard InChI is InChI=1S/C28H34N6O2/c1-33-11-10-18(14-29)12-25(33)19-4-9-22-23(13-19)27(36)34(20-5-7-21(35)8-6-20)26-24(22)16-31-28(32-26)30-15-17-2-3-17/h4,9,13,16-18,20-21,25,35H,2-3,5-8,10-12,15H2,1H3,(H,30,31,32). The predicted molar refractivity (Wildman–Crippen MR) is 140 cm³/mol. The zero-order chi connectivity index (χ0) is 24.8. The number of likely N-dealkylation sites (tertiary alicyclic amines) is 1. The zero-order valence-corrected chi connectivity index (χ0v) is 20.9. The summed E-state index contributed by atoms with van der Waals surface area (Å²) in [5.74, 6) is 1.31. The first-order valence-corrected chi connectivity index (χ1v) is 13.4. The molecule has 0 spiro atoms. The lowest BCUT2D eigenvalue weighted by Crippen LogP contribution is -2.33. The molecule has 188 valence electrons. The second-order valence-electron chi connectivity index (χ2n) is 11.0. The van der Waals surface area contributed by atoms with Crippen molar-refractivity contribution >= 4 is 27.8 Å². The molecule has 0 radical (unpaired) electrons. The van der Waals surface area contributed by atoms with Crippen LogP contribution in [0.15, 0.2) is 29.2 Å². The summed E-state index contributed by atoms with van der Waals surface area (Å²) in [6.07, 6.45) is 8.60. The van der Waals surface area contributed by atoms with Crippen molar-refractivity contribution < 1.29 is 5.11 Å². The summed E-state index contributed by atoms with van der Waals surface area (Å²) in [6, 6.07) is 8.73. The molecule has 1 aromatic carbocycles. The van der Waals surface area contributed by atoms with Gasteiger partial charge in [0.25, 0.3) is 5.56 Å². The maximum atomic E-state index is 14.1. The van der Waals surface area contributed by atoms with Crippen molar-refractivity contribution in [1.82, 2.24) is 19.4 Å². The third-order valence-electron chi connectivity index (χ3n) is 8.49. The number of aromatic nitrogens is 3. The van der Waals surface area contributed by atoms with Gasteiger partial charge < -0.3 is 10.4 Å². The van der Waals surface area contributed by atoms with Crippen LogP contribution in [0.1, 0.15) is 69.0 Å². The molecule has 1 aliphatic heterocycles. The van der Waals surface area contributed by atoms with Gasteiger partial charge in [0, 0.05) is 41.5 Å². The molecule has 2 unspecified atom stereocenters. The summed E-state index contributed by atoms with van der Waals surface area (Å²) < 4.78 is 1.87. The number of hydrogen-bond acceptors (Lipinski definition) is 7. The average Bonchev–Trinajstić information content (AvgIpc) is 3.73. The molecule has 36 heavy (non-hydrogen) atoms. The highest BCUT2D eigenvalue weighted by Crippen LogP contribution is 2.36. The average molecular weight is 487 g/mol. The van der Waals surface area contributed by atoms with Gasteiger partial charge in [0.2, 0.25) is 5.95 Å². The summed E-state index contributed by atoms with van der Waals surface area (Å²) in [7, 11) is 2.10. The van der Waals surface area contributed by atoms with E-state index in [0.29, 0.717) is 35.7 Å². The second-order valence-corrected chi connectivity index (χ2v) is 11.0. The molecule has 1 saturated heterocycles. The van der Waals surface area contributed by atoms with E-state index in [-0.39, 0.29) is 29.7 Å². The minimum atomic E-state index is -0.296. The number of aliphatic hydroxyl groups excluding tert-OH is 1. The lowest BCUT2D eigenvalue weighted by molar-refractivity contribution is 0.111. The largest absolute Gasteiger partial charge is 0.393 e. The summed E-state index contributed by atoms with van der Waals surface area (Å²) in [4.78, 5) is 25.9. The van der Waals surface area contributed by atoms with E-state index in [9.17, 15) is 15.2 Å². The van der Waals surface area contributed by atoms with Gasteiger partial charge in [-0.1, -0.05) is 12.1 Å². The van der Waals surface area contributed by atoms with Crippen LogP contribution in [0.5, 0.6) is 0 Å². The van der Waals surface area contributed by atoms with Gasteiger partial charge in [0.1, 0.15) is 5.65 Å². The molecule has 2 N–H and O–H groups in total. The van der Waals surface area contributed by atoms with Crippen LogP contribution >= 0.6 is 0 Å². The highest BCUT2D eigenvalue weighted by molar-refractivity contribution is 6.04. The van der Waals surface area contributed by atoms with Crippen LogP contribution in [0.3, 0.4) is 0 Å². The van der Waals surface area contributed by atoms with Gasteiger partial charge in [-0.3, -0.25) is 14.3 Å². The fourth-order valence-electron chi connectivity index (χ4n) is 6.04. The van der Waals surface area contributed by atoms with Gasteiger partial charge in [-0.05, 0) is 87.9 Å². The molecule has 3 heterocycles. The molecule has 3 aromatic rings. The van der Waals surface area contributed by atoms with Crippen LogP contribution < -0.4 is 10.9 Å². The fraction of sp³-hybridized carbons (Fsp3) is 0.571. The quantitative estimate of drug-likeness (QED) is 0.522. The summed E-state index contributed by atoms with van der Waals surface area (Å²) in [5, 5.41) is 25.4. The monoisotopic (exact) mass is 486 g/mol. The molecule has 2 saturated carbocycles. The van der Waals surface area contributed by atoms with Crippen LogP contribution in [0.2, 0.25) is 0 Å². The number of aliphatic hydroxyl groups is 1. The van der Waals surface area contributed by atoms with Gasteiger partial charge in [0.15, 0.2) is 0 Å². The summed E-state index contributed by atoms with van der Waals surface area (Å²) >= 11 is 0. The maximum Gasteiger partial charge on any atom is 0.260 e. The summed E-state index contributed by atoms with van der Waals surface area (Å²) in [6.45, 7) is 1.73. The van der Waals surface area contributed by atoms with Crippen molar-refractivity contribution in [3.63, 3.8) is 0 Å². The Balaban J connectivity index is 1.48. The Morgan fingerprint density at radius 3 is 2.67 bits per heavy atom. The number of piperidine rings is 1. The fourth-order valence-corrected chi connectivity index (χ4v) is 6.04. The van der Waals surface area contributed by atoms with Gasteiger partial charge >= 0.3 is 0 Å². The normalized spacial score (nSPS) is 27.2. The number of benzene rings is 1. The Kier molecular flexibility index (Phi) is 6.14. The van der Waals surface area contributed by atoms with Crippen molar-refractivity contribution in [3.8, 4) is 6.07 Å². The zero-order valence-electron chi connectivity index (χ0n) is 20.9. The van der Waals surface area contributed by atoms with E-state index in [1.165, 1.54) is 12.8 Å². The van der Waals surface area contributed by atoms with Crippen molar-refractivity contribution in [2.24, 2.45) is 11.8 Å². The first-order chi connectivity index (χ1) is 17.5. The molecule has 8 heteroatoms. The first-order valence-electron chi connectivity index (χ1n) is 13.4. The number of nitrogens with one attached hydrogen (secondary N) is 1. The van der Waals surface area contributed by atoms with Gasteiger partial charge in [-0.25, -0.2) is 4.98 Å². The number of hydrogen-bond donors (Lipinski definition) is 2.